The molecule has 0 amide bonds. The van der Waals surface area contributed by atoms with Gasteiger partial charge >= 0.3 is 0 Å². The Bertz CT molecular complexity index is 370. The number of nitrogens with zero attached hydrogens (tertiary/aromatic N) is 3. The minimum Gasteiger partial charge on any atom is -0.370 e. The second-order valence-electron chi connectivity index (χ2n) is 3.25. The molecular weight excluding hydrogens is 190 g/mol. The number of hydrogen-bond acceptors (Lipinski definition) is 4. The van der Waals surface area contributed by atoms with E-state index in [0.717, 1.165) is 19.4 Å². The van der Waals surface area contributed by atoms with Crippen LogP contribution in [0, 0.1) is 22.7 Å². The summed E-state index contributed by atoms with van der Waals surface area (Å²) in [7, 11) is 0. The van der Waals surface area contributed by atoms with Gasteiger partial charge in [-0.1, -0.05) is 6.08 Å². The summed E-state index contributed by atoms with van der Waals surface area (Å²) in [6.45, 7) is 0.819. The zero-order chi connectivity index (χ0) is 11.1. The molecule has 0 bridgehead atoms. The van der Waals surface area contributed by atoms with E-state index < -0.39 is 0 Å². The van der Waals surface area contributed by atoms with Gasteiger partial charge in [0, 0.05) is 24.9 Å². The van der Waals surface area contributed by atoms with Crippen LogP contribution in [0.2, 0.25) is 0 Å². The third kappa shape index (κ3) is 2.96. The molecule has 1 heterocycles. The molecule has 76 valence electrons. The first-order valence-corrected chi connectivity index (χ1v) is 4.71. The number of carbonyl (C=O) groups excluding carboxylic acids is 1. The van der Waals surface area contributed by atoms with Crippen LogP contribution in [0.5, 0.6) is 0 Å². The van der Waals surface area contributed by atoms with Crippen molar-refractivity contribution in [3.8, 4) is 12.1 Å². The van der Waals surface area contributed by atoms with E-state index in [9.17, 15) is 4.79 Å². The van der Waals surface area contributed by atoms with E-state index >= 15 is 0 Å². The number of hydrogen-bond donors (Lipinski definition) is 0. The lowest BCUT2D eigenvalue weighted by Gasteiger charge is -2.19. The SMILES string of the molecule is N#C/C=C/[C@@H]1CCCN1/C=C(\C#N)C=O. The molecule has 0 aliphatic carbocycles. The Balaban J connectivity index is 2.74. The molecule has 0 saturated carbocycles. The van der Waals surface area contributed by atoms with Gasteiger partial charge in [0.25, 0.3) is 0 Å². The second kappa shape index (κ2) is 5.62. The van der Waals surface area contributed by atoms with Crippen molar-refractivity contribution in [2.75, 3.05) is 6.54 Å². The highest BCUT2D eigenvalue weighted by atomic mass is 16.1. The highest BCUT2D eigenvalue weighted by Gasteiger charge is 2.19. The van der Waals surface area contributed by atoms with Crippen LogP contribution in [0.1, 0.15) is 12.8 Å². The third-order valence-electron chi connectivity index (χ3n) is 2.30. The molecule has 1 fully saturated rings. The van der Waals surface area contributed by atoms with Gasteiger partial charge in [0.2, 0.25) is 0 Å². The lowest BCUT2D eigenvalue weighted by molar-refractivity contribution is -0.104. The highest BCUT2D eigenvalue weighted by molar-refractivity contribution is 5.78. The summed E-state index contributed by atoms with van der Waals surface area (Å²) >= 11 is 0. The molecule has 4 heteroatoms. The van der Waals surface area contributed by atoms with Crippen molar-refractivity contribution in [3.63, 3.8) is 0 Å². The quantitative estimate of drug-likeness (QED) is 0.390. The maximum Gasteiger partial charge on any atom is 0.162 e. The van der Waals surface area contributed by atoms with E-state index in [0.29, 0.717) is 6.29 Å². The molecule has 4 nitrogen and oxygen atoms in total. The van der Waals surface area contributed by atoms with Crippen LogP contribution in [-0.2, 0) is 4.79 Å². The van der Waals surface area contributed by atoms with Crippen molar-refractivity contribution >= 4 is 6.29 Å². The average molecular weight is 201 g/mol. The molecule has 1 atom stereocenters. The van der Waals surface area contributed by atoms with Crippen LogP contribution in [-0.4, -0.2) is 23.8 Å². The summed E-state index contributed by atoms with van der Waals surface area (Å²) < 4.78 is 0. The van der Waals surface area contributed by atoms with Gasteiger partial charge in [-0.15, -0.1) is 0 Å². The Morgan fingerprint density at radius 2 is 2.27 bits per heavy atom. The van der Waals surface area contributed by atoms with E-state index in [2.05, 4.69) is 0 Å². The number of aldehydes is 1. The topological polar surface area (TPSA) is 67.9 Å². The molecule has 0 aromatic carbocycles. The number of carbonyl (C=O) groups is 1. The zero-order valence-corrected chi connectivity index (χ0v) is 8.26. The lowest BCUT2D eigenvalue weighted by Crippen LogP contribution is -2.22. The van der Waals surface area contributed by atoms with Crippen LogP contribution >= 0.6 is 0 Å². The van der Waals surface area contributed by atoms with E-state index in [1.807, 2.05) is 17.0 Å². The molecule has 0 spiro atoms. The van der Waals surface area contributed by atoms with Crippen molar-refractivity contribution in [1.29, 1.82) is 10.5 Å². The molecule has 1 rings (SSSR count). The lowest BCUT2D eigenvalue weighted by atomic mass is 10.2. The molecular formula is C11H11N3O. The Morgan fingerprint density at radius 3 is 2.87 bits per heavy atom. The number of rotatable bonds is 3. The molecule has 0 radical (unpaired) electrons. The monoisotopic (exact) mass is 201 g/mol. The van der Waals surface area contributed by atoms with Gasteiger partial charge in [0.05, 0.1) is 6.07 Å². The fourth-order valence-electron chi connectivity index (χ4n) is 1.60. The Labute approximate surface area is 88.7 Å². The molecule has 15 heavy (non-hydrogen) atoms. The average Bonchev–Trinajstić information content (AvgIpc) is 2.70. The highest BCUT2D eigenvalue weighted by Crippen LogP contribution is 2.19. The number of allylic oxidation sites excluding steroid dienone is 2. The molecule has 0 unspecified atom stereocenters. The van der Waals surface area contributed by atoms with Crippen LogP contribution in [0.25, 0.3) is 0 Å². The number of likely N-dealkylation sites (tertiary alicyclic amines) is 1. The van der Waals surface area contributed by atoms with E-state index in [-0.39, 0.29) is 11.6 Å². The van der Waals surface area contributed by atoms with Gasteiger partial charge in [-0.05, 0) is 12.8 Å². The fraction of sp³-hybridized carbons (Fsp3) is 0.364. The third-order valence-corrected chi connectivity index (χ3v) is 2.30. The standard InChI is InChI=1S/C11H11N3O/c12-5-1-3-11-4-2-6-14(11)8-10(7-13)9-15/h1,3,8-9,11H,2,4,6H2/b3-1+,10-8+/t11-/m1/s1. The Morgan fingerprint density at radius 1 is 1.47 bits per heavy atom. The van der Waals surface area contributed by atoms with E-state index in [1.165, 1.54) is 6.08 Å². The van der Waals surface area contributed by atoms with Gasteiger partial charge in [-0.3, -0.25) is 4.79 Å². The summed E-state index contributed by atoms with van der Waals surface area (Å²) in [6, 6.07) is 3.88. The molecule has 0 aromatic heterocycles. The van der Waals surface area contributed by atoms with Gasteiger partial charge in [-0.2, -0.15) is 10.5 Å². The summed E-state index contributed by atoms with van der Waals surface area (Å²) in [5.41, 5.74) is 0.118. The van der Waals surface area contributed by atoms with Gasteiger partial charge in [0.1, 0.15) is 11.6 Å². The fourth-order valence-corrected chi connectivity index (χ4v) is 1.60. The first kappa shape index (κ1) is 11.0. The predicted molar refractivity (Wildman–Crippen MR) is 54.2 cm³/mol. The van der Waals surface area contributed by atoms with Crippen molar-refractivity contribution < 1.29 is 4.79 Å². The summed E-state index contributed by atoms with van der Waals surface area (Å²) in [5, 5.41) is 17.0. The Hall–Kier alpha value is -2.07. The molecule has 0 N–H and O–H groups in total. The first-order chi connectivity index (χ1) is 7.31. The minimum atomic E-state index is 0.118. The van der Waals surface area contributed by atoms with E-state index in [1.54, 1.807) is 12.3 Å². The van der Waals surface area contributed by atoms with Crippen molar-refractivity contribution in [2.24, 2.45) is 0 Å². The van der Waals surface area contributed by atoms with Gasteiger partial charge < -0.3 is 4.90 Å². The molecule has 1 aliphatic rings. The molecule has 1 saturated heterocycles. The zero-order valence-electron chi connectivity index (χ0n) is 8.26. The van der Waals surface area contributed by atoms with Gasteiger partial charge in [0.15, 0.2) is 6.29 Å². The van der Waals surface area contributed by atoms with Crippen LogP contribution in [0.3, 0.4) is 0 Å². The van der Waals surface area contributed by atoms with Crippen LogP contribution in [0.4, 0.5) is 0 Å². The van der Waals surface area contributed by atoms with Crippen LogP contribution < -0.4 is 0 Å². The maximum absolute atomic E-state index is 10.5. The second-order valence-corrected chi connectivity index (χ2v) is 3.25. The maximum atomic E-state index is 10.5. The summed E-state index contributed by atoms with van der Waals surface area (Å²) in [4.78, 5) is 12.4. The number of nitriles is 2. The van der Waals surface area contributed by atoms with Crippen molar-refractivity contribution in [2.45, 2.75) is 18.9 Å². The Kier molecular flexibility index (Phi) is 4.12. The van der Waals surface area contributed by atoms with Gasteiger partial charge in [-0.25, -0.2) is 0 Å². The first-order valence-electron chi connectivity index (χ1n) is 4.71. The smallest absolute Gasteiger partial charge is 0.162 e. The summed E-state index contributed by atoms with van der Waals surface area (Å²) in [6.07, 6.45) is 7.30. The normalized spacial score (nSPS) is 21.3. The molecule has 0 aromatic rings. The largest absolute Gasteiger partial charge is 0.370 e. The minimum absolute atomic E-state index is 0.118. The molecule has 1 aliphatic heterocycles. The predicted octanol–water partition coefficient (Wildman–Crippen LogP) is 1.14. The van der Waals surface area contributed by atoms with Crippen molar-refractivity contribution in [1.82, 2.24) is 4.90 Å². The summed E-state index contributed by atoms with van der Waals surface area (Å²) in [5.74, 6) is 0. The van der Waals surface area contributed by atoms with Crippen LogP contribution in [0.15, 0.2) is 23.9 Å². The van der Waals surface area contributed by atoms with E-state index in [4.69, 9.17) is 10.5 Å². The van der Waals surface area contributed by atoms with Crippen molar-refractivity contribution in [3.05, 3.63) is 23.9 Å².